The maximum absolute atomic E-state index is 6.24. The van der Waals surface area contributed by atoms with Gasteiger partial charge in [-0.15, -0.1) is 0 Å². The maximum atomic E-state index is 6.24. The highest BCUT2D eigenvalue weighted by atomic mass is 79.9. The molecule has 0 amide bonds. The lowest BCUT2D eigenvalue weighted by Gasteiger charge is -2.36. The monoisotopic (exact) mass is 415 g/mol. The Bertz CT molecular complexity index is 682. The average molecular weight is 417 g/mol. The molecule has 0 saturated carbocycles. The largest absolute Gasteiger partial charge is 0.415 e. The maximum Gasteiger partial charge on any atom is 0.192 e. The Labute approximate surface area is 152 Å². The summed E-state index contributed by atoms with van der Waals surface area (Å²) < 4.78 is 9.18. The minimum absolute atomic E-state index is 0.211. The summed E-state index contributed by atoms with van der Waals surface area (Å²) in [5, 5.41) is 0.661. The van der Waals surface area contributed by atoms with Crippen LogP contribution in [0.25, 0.3) is 11.4 Å². The van der Waals surface area contributed by atoms with Gasteiger partial charge in [0.15, 0.2) is 8.32 Å². The van der Waals surface area contributed by atoms with E-state index < -0.39 is 8.32 Å². The molecule has 0 N–H and O–H groups in total. The first-order valence-electron chi connectivity index (χ1n) is 7.58. The zero-order chi connectivity index (χ0) is 17.3. The topological polar surface area (TPSA) is 39.9 Å². The third kappa shape index (κ3) is 4.44. The van der Waals surface area contributed by atoms with E-state index in [9.17, 15) is 0 Å². The molecule has 2 aromatic rings. The molecule has 2 heterocycles. The Kier molecular flexibility index (Phi) is 5.71. The highest BCUT2D eigenvalue weighted by Gasteiger charge is 2.36. The van der Waals surface area contributed by atoms with E-state index in [0.29, 0.717) is 11.8 Å². The summed E-state index contributed by atoms with van der Waals surface area (Å²) in [6.45, 7) is 12.7. The van der Waals surface area contributed by atoms with Gasteiger partial charge in [-0.1, -0.05) is 32.4 Å². The number of pyridine rings is 1. The van der Waals surface area contributed by atoms with Crippen molar-refractivity contribution in [1.82, 2.24) is 14.5 Å². The van der Waals surface area contributed by atoms with Crippen LogP contribution >= 0.6 is 27.5 Å². The molecule has 0 atom stereocenters. The number of hydrogen-bond donors (Lipinski definition) is 0. The summed E-state index contributed by atoms with van der Waals surface area (Å²) in [7, 11) is -1.73. The van der Waals surface area contributed by atoms with Crippen LogP contribution in [0.1, 0.15) is 20.8 Å². The van der Waals surface area contributed by atoms with Gasteiger partial charge in [-0.2, -0.15) is 0 Å². The Morgan fingerprint density at radius 3 is 2.65 bits per heavy atom. The summed E-state index contributed by atoms with van der Waals surface area (Å²) in [5.41, 5.74) is 0.818. The molecular formula is C16H23BrClN3OSi. The second-order valence-corrected chi connectivity index (χ2v) is 13.1. The molecule has 0 aliphatic heterocycles. The molecule has 0 radical (unpaired) electrons. The first-order chi connectivity index (χ1) is 10.6. The van der Waals surface area contributed by atoms with Crippen LogP contribution in [0.4, 0.5) is 0 Å². The van der Waals surface area contributed by atoms with Crippen LogP contribution in [0.5, 0.6) is 0 Å². The van der Waals surface area contributed by atoms with E-state index in [4.69, 9.17) is 16.0 Å². The van der Waals surface area contributed by atoms with Crippen molar-refractivity contribution >= 4 is 35.8 Å². The van der Waals surface area contributed by atoms with Gasteiger partial charge in [-0.25, -0.2) is 9.97 Å². The predicted molar refractivity (Wildman–Crippen MR) is 101 cm³/mol. The lowest BCUT2D eigenvalue weighted by Crippen LogP contribution is -2.41. The van der Waals surface area contributed by atoms with Gasteiger partial charge < -0.3 is 8.99 Å². The molecule has 2 aromatic heterocycles. The quantitative estimate of drug-likeness (QED) is 0.485. The van der Waals surface area contributed by atoms with Gasteiger partial charge in [0.05, 0.1) is 12.2 Å². The van der Waals surface area contributed by atoms with E-state index in [1.807, 2.05) is 12.3 Å². The molecule has 7 heteroatoms. The Balaban J connectivity index is 2.12. The highest BCUT2D eigenvalue weighted by Crippen LogP contribution is 2.36. The number of imidazole rings is 1. The van der Waals surface area contributed by atoms with Gasteiger partial charge in [0, 0.05) is 29.6 Å². The number of nitrogens with zero attached hydrogens (tertiary/aromatic N) is 3. The number of rotatable bonds is 5. The number of halogens is 2. The summed E-state index contributed by atoms with van der Waals surface area (Å²) in [4.78, 5) is 8.59. The molecule has 0 aliphatic carbocycles. The molecule has 0 aromatic carbocycles. The second kappa shape index (κ2) is 7.05. The fourth-order valence-corrected chi connectivity index (χ4v) is 3.48. The van der Waals surface area contributed by atoms with E-state index >= 15 is 0 Å². The third-order valence-corrected chi connectivity index (χ3v) is 9.64. The SMILES string of the molecule is CC(C)(C)[Si](C)(C)OCCn1ccnc1-c1cc(Br)cnc1Cl. The summed E-state index contributed by atoms with van der Waals surface area (Å²) in [6, 6.07) is 1.93. The van der Waals surface area contributed by atoms with Crippen molar-refractivity contribution in [1.29, 1.82) is 0 Å². The fourth-order valence-electron chi connectivity index (χ4n) is 1.93. The molecule has 0 spiro atoms. The molecule has 0 aliphatic rings. The third-order valence-electron chi connectivity index (χ3n) is 4.36. The Hall–Kier alpha value is -0.693. The molecule has 23 heavy (non-hydrogen) atoms. The van der Waals surface area contributed by atoms with Crippen molar-refractivity contribution in [3.63, 3.8) is 0 Å². The van der Waals surface area contributed by atoms with E-state index in [0.717, 1.165) is 22.4 Å². The summed E-state index contributed by atoms with van der Waals surface area (Å²) in [6.07, 6.45) is 5.40. The average Bonchev–Trinajstić information content (AvgIpc) is 2.88. The molecule has 126 valence electrons. The smallest absolute Gasteiger partial charge is 0.192 e. The van der Waals surface area contributed by atoms with Crippen LogP contribution in [-0.2, 0) is 11.0 Å². The lowest BCUT2D eigenvalue weighted by atomic mass is 10.2. The minimum Gasteiger partial charge on any atom is -0.415 e. The van der Waals surface area contributed by atoms with Crippen molar-refractivity contribution in [2.24, 2.45) is 0 Å². The predicted octanol–water partition coefficient (Wildman–Crippen LogP) is 5.38. The summed E-state index contributed by atoms with van der Waals surface area (Å²) in [5.74, 6) is 0.808. The molecule has 0 saturated heterocycles. The number of aromatic nitrogens is 3. The first-order valence-corrected chi connectivity index (χ1v) is 11.7. The van der Waals surface area contributed by atoms with Crippen molar-refractivity contribution in [2.75, 3.05) is 6.61 Å². The fraction of sp³-hybridized carbons (Fsp3) is 0.500. The van der Waals surface area contributed by atoms with Gasteiger partial charge in [0.1, 0.15) is 11.0 Å². The Morgan fingerprint density at radius 2 is 2.00 bits per heavy atom. The molecule has 4 nitrogen and oxygen atoms in total. The van der Waals surface area contributed by atoms with Crippen molar-refractivity contribution < 1.29 is 4.43 Å². The zero-order valence-corrected chi connectivity index (χ0v) is 17.6. The molecule has 0 unspecified atom stereocenters. The van der Waals surface area contributed by atoms with Crippen LogP contribution < -0.4 is 0 Å². The van der Waals surface area contributed by atoms with E-state index in [1.165, 1.54) is 0 Å². The highest BCUT2D eigenvalue weighted by molar-refractivity contribution is 9.10. The summed E-state index contributed by atoms with van der Waals surface area (Å²) >= 11 is 9.65. The van der Waals surface area contributed by atoms with Crippen LogP contribution in [0.15, 0.2) is 29.1 Å². The van der Waals surface area contributed by atoms with Crippen LogP contribution in [0.3, 0.4) is 0 Å². The normalized spacial score (nSPS) is 12.7. The molecule has 0 bridgehead atoms. The van der Waals surface area contributed by atoms with Crippen molar-refractivity contribution in [2.45, 2.75) is 45.4 Å². The van der Waals surface area contributed by atoms with Gasteiger partial charge in [-0.05, 0) is 40.1 Å². The van der Waals surface area contributed by atoms with E-state index in [2.05, 4.69) is 64.3 Å². The molecule has 0 fully saturated rings. The van der Waals surface area contributed by atoms with Gasteiger partial charge >= 0.3 is 0 Å². The standard InChI is InChI=1S/C16H23BrClN3OSi/c1-16(2,3)23(4,5)22-9-8-21-7-6-19-15(21)13-10-12(17)11-20-14(13)18/h6-7,10-11H,8-9H2,1-5H3. The van der Waals surface area contributed by atoms with Gasteiger partial charge in [-0.3, -0.25) is 0 Å². The molecule has 2 rings (SSSR count). The second-order valence-electron chi connectivity index (χ2n) is 7.04. The zero-order valence-electron chi connectivity index (χ0n) is 14.2. The van der Waals surface area contributed by atoms with E-state index in [-0.39, 0.29) is 5.04 Å². The van der Waals surface area contributed by atoms with Crippen LogP contribution in [0, 0.1) is 0 Å². The van der Waals surface area contributed by atoms with Crippen LogP contribution in [-0.4, -0.2) is 29.5 Å². The Morgan fingerprint density at radius 1 is 1.30 bits per heavy atom. The van der Waals surface area contributed by atoms with Crippen LogP contribution in [0.2, 0.25) is 23.3 Å². The van der Waals surface area contributed by atoms with Crippen molar-refractivity contribution in [3.8, 4) is 11.4 Å². The van der Waals surface area contributed by atoms with Gasteiger partial charge in [0.25, 0.3) is 0 Å². The number of hydrogen-bond acceptors (Lipinski definition) is 3. The first kappa shape index (κ1) is 18.6. The minimum atomic E-state index is -1.73. The molecular weight excluding hydrogens is 394 g/mol. The van der Waals surface area contributed by atoms with Crippen molar-refractivity contribution in [3.05, 3.63) is 34.3 Å². The lowest BCUT2D eigenvalue weighted by molar-refractivity contribution is 0.272. The van der Waals surface area contributed by atoms with E-state index in [1.54, 1.807) is 12.4 Å². The van der Waals surface area contributed by atoms with Gasteiger partial charge in [0.2, 0.25) is 0 Å².